The van der Waals surface area contributed by atoms with Crippen molar-refractivity contribution in [2.45, 2.75) is 70.0 Å². The molecule has 0 bridgehead atoms. The number of amides is 1. The van der Waals surface area contributed by atoms with E-state index in [1.54, 1.807) is 0 Å². The standard InChI is InChI=1S/C16H28BrNO/c1-16(2)10-6-5-8-13(16)15(19)18-11-12-7-3-4-9-14(12)17/h12-14H,3-11H2,1-2H3,(H,18,19). The lowest BCUT2D eigenvalue weighted by Crippen LogP contribution is -2.43. The Morgan fingerprint density at radius 3 is 2.53 bits per heavy atom. The van der Waals surface area contributed by atoms with Gasteiger partial charge in [0.2, 0.25) is 5.91 Å². The maximum absolute atomic E-state index is 12.4. The van der Waals surface area contributed by atoms with Gasteiger partial charge in [-0.2, -0.15) is 0 Å². The van der Waals surface area contributed by atoms with Crippen molar-refractivity contribution >= 4 is 21.8 Å². The Morgan fingerprint density at radius 1 is 1.16 bits per heavy atom. The van der Waals surface area contributed by atoms with Gasteiger partial charge in [-0.15, -0.1) is 0 Å². The van der Waals surface area contributed by atoms with Crippen LogP contribution in [0.4, 0.5) is 0 Å². The van der Waals surface area contributed by atoms with Gasteiger partial charge in [0.25, 0.3) is 0 Å². The molecule has 2 nitrogen and oxygen atoms in total. The summed E-state index contributed by atoms with van der Waals surface area (Å²) in [5.41, 5.74) is 0.183. The van der Waals surface area contributed by atoms with Crippen molar-refractivity contribution in [3.8, 4) is 0 Å². The number of alkyl halides is 1. The summed E-state index contributed by atoms with van der Waals surface area (Å²) in [4.78, 5) is 13.0. The second-order valence-corrected chi connectivity index (χ2v) is 8.27. The maximum atomic E-state index is 12.4. The summed E-state index contributed by atoms with van der Waals surface area (Å²) in [6.45, 7) is 5.37. The molecule has 2 saturated carbocycles. The lowest BCUT2D eigenvalue weighted by Gasteiger charge is -2.38. The Labute approximate surface area is 126 Å². The molecule has 3 unspecified atom stereocenters. The molecule has 0 aromatic rings. The lowest BCUT2D eigenvalue weighted by molar-refractivity contribution is -0.130. The van der Waals surface area contributed by atoms with Crippen LogP contribution < -0.4 is 5.32 Å². The molecule has 2 aliphatic carbocycles. The molecular weight excluding hydrogens is 302 g/mol. The minimum Gasteiger partial charge on any atom is -0.356 e. The molecule has 0 saturated heterocycles. The molecule has 110 valence electrons. The van der Waals surface area contributed by atoms with Crippen molar-refractivity contribution in [3.05, 3.63) is 0 Å². The van der Waals surface area contributed by atoms with Crippen LogP contribution in [0.1, 0.15) is 65.2 Å². The minimum absolute atomic E-state index is 0.183. The Bertz CT molecular complexity index is 316. The quantitative estimate of drug-likeness (QED) is 0.769. The van der Waals surface area contributed by atoms with E-state index in [1.807, 2.05) is 0 Å². The molecule has 0 aromatic carbocycles. The second kappa shape index (κ2) is 6.60. The highest BCUT2D eigenvalue weighted by Gasteiger charge is 2.37. The number of hydrogen-bond acceptors (Lipinski definition) is 1. The smallest absolute Gasteiger partial charge is 0.223 e. The highest BCUT2D eigenvalue weighted by Crippen LogP contribution is 2.40. The third-order valence-corrected chi connectivity index (χ3v) is 6.38. The van der Waals surface area contributed by atoms with Crippen LogP contribution in [0.25, 0.3) is 0 Å². The van der Waals surface area contributed by atoms with Gasteiger partial charge in [0.1, 0.15) is 0 Å². The molecule has 1 N–H and O–H groups in total. The lowest BCUT2D eigenvalue weighted by atomic mass is 9.68. The SMILES string of the molecule is CC1(C)CCCCC1C(=O)NCC1CCCCC1Br. The van der Waals surface area contributed by atoms with Crippen LogP contribution in [0, 0.1) is 17.3 Å². The van der Waals surface area contributed by atoms with Gasteiger partial charge < -0.3 is 5.32 Å². The van der Waals surface area contributed by atoms with E-state index < -0.39 is 0 Å². The van der Waals surface area contributed by atoms with Gasteiger partial charge in [0.05, 0.1) is 0 Å². The van der Waals surface area contributed by atoms with Crippen molar-refractivity contribution in [2.24, 2.45) is 17.3 Å². The topological polar surface area (TPSA) is 29.1 Å². The van der Waals surface area contributed by atoms with Crippen LogP contribution in [0.15, 0.2) is 0 Å². The van der Waals surface area contributed by atoms with Crippen LogP contribution in [-0.2, 0) is 4.79 Å². The van der Waals surface area contributed by atoms with Crippen molar-refractivity contribution < 1.29 is 4.79 Å². The third kappa shape index (κ3) is 3.96. The Morgan fingerprint density at radius 2 is 1.84 bits per heavy atom. The second-order valence-electron chi connectivity index (χ2n) is 7.09. The molecule has 3 atom stereocenters. The molecule has 0 radical (unpaired) electrons. The van der Waals surface area contributed by atoms with E-state index in [9.17, 15) is 4.79 Å². The molecule has 0 aliphatic heterocycles. The Balaban J connectivity index is 1.83. The van der Waals surface area contributed by atoms with Crippen molar-refractivity contribution in [2.75, 3.05) is 6.54 Å². The predicted molar refractivity (Wildman–Crippen MR) is 83.4 cm³/mol. The molecule has 2 aliphatic rings. The van der Waals surface area contributed by atoms with Crippen LogP contribution >= 0.6 is 15.9 Å². The summed E-state index contributed by atoms with van der Waals surface area (Å²) in [5, 5.41) is 3.24. The number of hydrogen-bond donors (Lipinski definition) is 1. The summed E-state index contributed by atoms with van der Waals surface area (Å²) in [5.74, 6) is 1.15. The van der Waals surface area contributed by atoms with Gasteiger partial charge >= 0.3 is 0 Å². The Kier molecular flexibility index (Phi) is 5.33. The molecule has 19 heavy (non-hydrogen) atoms. The van der Waals surface area contributed by atoms with E-state index in [2.05, 4.69) is 35.1 Å². The van der Waals surface area contributed by atoms with E-state index in [1.165, 1.54) is 44.9 Å². The summed E-state index contributed by atoms with van der Waals surface area (Å²) < 4.78 is 0. The summed E-state index contributed by atoms with van der Waals surface area (Å²) in [6.07, 6.45) is 9.92. The molecule has 2 fully saturated rings. The summed E-state index contributed by atoms with van der Waals surface area (Å²) >= 11 is 3.77. The largest absolute Gasteiger partial charge is 0.356 e. The van der Waals surface area contributed by atoms with Gasteiger partial charge in [0, 0.05) is 17.3 Å². The van der Waals surface area contributed by atoms with Crippen LogP contribution in [-0.4, -0.2) is 17.3 Å². The fourth-order valence-corrected chi connectivity index (χ4v) is 4.50. The number of halogens is 1. The van der Waals surface area contributed by atoms with Gasteiger partial charge in [0.15, 0.2) is 0 Å². The highest BCUT2D eigenvalue weighted by molar-refractivity contribution is 9.09. The summed E-state index contributed by atoms with van der Waals surface area (Å²) in [7, 11) is 0. The van der Waals surface area contributed by atoms with E-state index in [0.717, 1.165) is 13.0 Å². The van der Waals surface area contributed by atoms with E-state index >= 15 is 0 Å². The molecule has 1 amide bonds. The van der Waals surface area contributed by atoms with Gasteiger partial charge in [-0.25, -0.2) is 0 Å². The first-order valence-electron chi connectivity index (χ1n) is 7.92. The maximum Gasteiger partial charge on any atom is 0.223 e. The first-order valence-corrected chi connectivity index (χ1v) is 8.84. The minimum atomic E-state index is 0.183. The molecular formula is C16H28BrNO. The van der Waals surface area contributed by atoms with Crippen molar-refractivity contribution in [3.63, 3.8) is 0 Å². The first-order chi connectivity index (χ1) is 9.00. The molecule has 0 heterocycles. The van der Waals surface area contributed by atoms with Crippen molar-refractivity contribution in [1.29, 1.82) is 0 Å². The van der Waals surface area contributed by atoms with Crippen LogP contribution in [0.2, 0.25) is 0 Å². The Hall–Kier alpha value is -0.0500. The third-order valence-electron chi connectivity index (χ3n) is 5.18. The van der Waals surface area contributed by atoms with Gasteiger partial charge in [-0.1, -0.05) is 55.5 Å². The van der Waals surface area contributed by atoms with Crippen LogP contribution in [0.5, 0.6) is 0 Å². The van der Waals surface area contributed by atoms with E-state index in [0.29, 0.717) is 16.7 Å². The highest BCUT2D eigenvalue weighted by atomic mass is 79.9. The van der Waals surface area contributed by atoms with E-state index in [-0.39, 0.29) is 11.3 Å². The number of carbonyl (C=O) groups is 1. The average molecular weight is 330 g/mol. The molecule has 0 spiro atoms. The zero-order valence-electron chi connectivity index (χ0n) is 12.4. The monoisotopic (exact) mass is 329 g/mol. The normalized spacial score (nSPS) is 34.8. The summed E-state index contributed by atoms with van der Waals surface area (Å²) in [6, 6.07) is 0. The van der Waals surface area contributed by atoms with Gasteiger partial charge in [-0.3, -0.25) is 4.79 Å². The molecule has 3 heteroatoms. The van der Waals surface area contributed by atoms with E-state index in [4.69, 9.17) is 0 Å². The zero-order valence-corrected chi connectivity index (χ0v) is 14.0. The number of rotatable bonds is 3. The number of carbonyl (C=O) groups excluding carboxylic acids is 1. The zero-order chi connectivity index (χ0) is 13.9. The van der Waals surface area contributed by atoms with Gasteiger partial charge in [-0.05, 0) is 37.0 Å². The average Bonchev–Trinajstić information content (AvgIpc) is 2.37. The molecule has 0 aromatic heterocycles. The first kappa shape index (κ1) is 15.3. The number of nitrogens with one attached hydrogen (secondary N) is 1. The van der Waals surface area contributed by atoms with Crippen LogP contribution in [0.3, 0.4) is 0 Å². The van der Waals surface area contributed by atoms with Crippen molar-refractivity contribution in [1.82, 2.24) is 5.32 Å². The fraction of sp³-hybridized carbons (Fsp3) is 0.938. The molecule has 2 rings (SSSR count). The predicted octanol–water partition coefficient (Wildman–Crippen LogP) is 4.27. The fourth-order valence-electron chi connectivity index (χ4n) is 3.73.